The molecule has 2 aromatic carbocycles. The standard InChI is InChI=1S/C19H16F2N2O4/c1-19(13-7-9-14(10-8-13)27-17(20)21)16(25)23(18(26)22-19)11-15(24)12-5-3-2-4-6-12/h2-10,17H,11H2,1H3,(H,22,26)/t19-/m0/s1. The number of benzene rings is 2. The minimum atomic E-state index is -2.96. The van der Waals surface area contributed by atoms with E-state index in [1.165, 1.54) is 31.2 Å². The zero-order chi connectivity index (χ0) is 19.6. The fraction of sp³-hybridized carbons (Fsp3) is 0.211. The summed E-state index contributed by atoms with van der Waals surface area (Å²) in [5.74, 6) is -1.03. The summed E-state index contributed by atoms with van der Waals surface area (Å²) in [7, 11) is 0. The number of imide groups is 1. The van der Waals surface area contributed by atoms with Crippen molar-refractivity contribution in [3.63, 3.8) is 0 Å². The molecule has 1 N–H and O–H groups in total. The van der Waals surface area contributed by atoms with Gasteiger partial charge in [-0.15, -0.1) is 0 Å². The van der Waals surface area contributed by atoms with E-state index in [9.17, 15) is 23.2 Å². The predicted octanol–water partition coefficient (Wildman–Crippen LogP) is 2.94. The molecule has 3 amide bonds. The van der Waals surface area contributed by atoms with E-state index < -0.39 is 30.6 Å². The molecule has 0 unspecified atom stereocenters. The maximum Gasteiger partial charge on any atom is 0.387 e. The van der Waals surface area contributed by atoms with E-state index in [1.807, 2.05) is 0 Å². The monoisotopic (exact) mass is 374 g/mol. The largest absolute Gasteiger partial charge is 0.435 e. The van der Waals surface area contributed by atoms with E-state index in [2.05, 4.69) is 10.1 Å². The Morgan fingerprint density at radius 3 is 2.33 bits per heavy atom. The number of ketones is 1. The first-order valence-corrected chi connectivity index (χ1v) is 8.09. The molecule has 0 spiro atoms. The van der Waals surface area contributed by atoms with Gasteiger partial charge in [-0.3, -0.25) is 14.5 Å². The molecule has 1 atom stereocenters. The quantitative estimate of drug-likeness (QED) is 0.623. The number of ether oxygens (including phenoxy) is 1. The highest BCUT2D eigenvalue weighted by atomic mass is 19.3. The summed E-state index contributed by atoms with van der Waals surface area (Å²) in [6, 6.07) is 13.0. The average Bonchev–Trinajstić information content (AvgIpc) is 2.86. The molecule has 0 aliphatic carbocycles. The van der Waals surface area contributed by atoms with Gasteiger partial charge < -0.3 is 10.1 Å². The van der Waals surface area contributed by atoms with E-state index in [0.717, 1.165) is 4.90 Å². The van der Waals surface area contributed by atoms with Crippen LogP contribution in [0.3, 0.4) is 0 Å². The van der Waals surface area contributed by atoms with Crippen LogP contribution in [0.1, 0.15) is 22.8 Å². The highest BCUT2D eigenvalue weighted by molar-refractivity contribution is 6.11. The van der Waals surface area contributed by atoms with Crippen molar-refractivity contribution in [2.75, 3.05) is 6.54 Å². The highest BCUT2D eigenvalue weighted by Gasteiger charge is 2.49. The van der Waals surface area contributed by atoms with Crippen LogP contribution in [0.5, 0.6) is 5.75 Å². The fourth-order valence-electron chi connectivity index (χ4n) is 2.86. The number of nitrogens with zero attached hydrogens (tertiary/aromatic N) is 1. The van der Waals surface area contributed by atoms with Crippen LogP contribution in [-0.2, 0) is 10.3 Å². The van der Waals surface area contributed by atoms with Crippen molar-refractivity contribution >= 4 is 17.7 Å². The second-order valence-electron chi connectivity index (χ2n) is 6.14. The minimum Gasteiger partial charge on any atom is -0.435 e. The maximum absolute atomic E-state index is 12.8. The molecule has 140 valence electrons. The molecule has 0 aromatic heterocycles. The topological polar surface area (TPSA) is 75.7 Å². The van der Waals surface area contributed by atoms with Gasteiger partial charge in [0.15, 0.2) is 5.78 Å². The molecule has 0 radical (unpaired) electrons. The van der Waals surface area contributed by atoms with Crippen molar-refractivity contribution in [2.24, 2.45) is 0 Å². The van der Waals surface area contributed by atoms with E-state index in [-0.39, 0.29) is 11.5 Å². The Morgan fingerprint density at radius 2 is 1.74 bits per heavy atom. The third-order valence-electron chi connectivity index (χ3n) is 4.33. The predicted molar refractivity (Wildman–Crippen MR) is 91.4 cm³/mol. The summed E-state index contributed by atoms with van der Waals surface area (Å²) in [4.78, 5) is 38.2. The molecular formula is C19H16F2N2O4. The van der Waals surface area contributed by atoms with Crippen LogP contribution in [0, 0.1) is 0 Å². The molecule has 2 aromatic rings. The van der Waals surface area contributed by atoms with Gasteiger partial charge >= 0.3 is 12.6 Å². The van der Waals surface area contributed by atoms with E-state index in [4.69, 9.17) is 0 Å². The third-order valence-corrected chi connectivity index (χ3v) is 4.33. The lowest BCUT2D eigenvalue weighted by atomic mass is 9.92. The molecule has 0 bridgehead atoms. The van der Waals surface area contributed by atoms with Crippen molar-refractivity contribution < 1.29 is 27.9 Å². The number of alkyl halides is 2. The Morgan fingerprint density at radius 1 is 1.11 bits per heavy atom. The minimum absolute atomic E-state index is 0.0646. The second-order valence-corrected chi connectivity index (χ2v) is 6.14. The zero-order valence-corrected chi connectivity index (χ0v) is 14.3. The van der Waals surface area contributed by atoms with Crippen molar-refractivity contribution in [1.29, 1.82) is 0 Å². The molecule has 6 nitrogen and oxygen atoms in total. The van der Waals surface area contributed by atoms with Crippen LogP contribution >= 0.6 is 0 Å². The number of amides is 3. The van der Waals surface area contributed by atoms with Crippen LogP contribution < -0.4 is 10.1 Å². The van der Waals surface area contributed by atoms with Crippen molar-refractivity contribution in [3.05, 3.63) is 65.7 Å². The molecule has 3 rings (SSSR count). The van der Waals surface area contributed by atoms with Gasteiger partial charge in [-0.05, 0) is 24.6 Å². The Balaban J connectivity index is 1.79. The van der Waals surface area contributed by atoms with Crippen LogP contribution in [-0.4, -0.2) is 35.8 Å². The summed E-state index contributed by atoms with van der Waals surface area (Å²) >= 11 is 0. The summed E-state index contributed by atoms with van der Waals surface area (Å²) in [6.45, 7) is -1.86. The third kappa shape index (κ3) is 3.64. The number of urea groups is 1. The first-order chi connectivity index (χ1) is 12.8. The lowest BCUT2D eigenvalue weighted by Crippen LogP contribution is -2.41. The fourth-order valence-corrected chi connectivity index (χ4v) is 2.86. The molecule has 1 aliphatic heterocycles. The Hall–Kier alpha value is -3.29. The van der Waals surface area contributed by atoms with Crippen LogP contribution in [0.25, 0.3) is 0 Å². The Kier molecular flexibility index (Phi) is 4.89. The van der Waals surface area contributed by atoms with Gasteiger partial charge in [0.1, 0.15) is 11.3 Å². The smallest absolute Gasteiger partial charge is 0.387 e. The van der Waals surface area contributed by atoms with Crippen molar-refractivity contribution in [3.8, 4) is 5.75 Å². The number of hydrogen-bond donors (Lipinski definition) is 1. The van der Waals surface area contributed by atoms with E-state index in [0.29, 0.717) is 11.1 Å². The maximum atomic E-state index is 12.8. The van der Waals surface area contributed by atoms with Gasteiger partial charge in [-0.1, -0.05) is 42.5 Å². The summed E-state index contributed by atoms with van der Waals surface area (Å²) in [6.07, 6.45) is 0. The first-order valence-electron chi connectivity index (χ1n) is 8.09. The summed E-state index contributed by atoms with van der Waals surface area (Å²) in [5.41, 5.74) is -0.630. The molecule has 1 fully saturated rings. The number of rotatable bonds is 6. The lowest BCUT2D eigenvalue weighted by Gasteiger charge is -2.22. The number of Topliss-reactive ketones (excluding diaryl/α,β-unsaturated/α-hetero) is 1. The zero-order valence-electron chi connectivity index (χ0n) is 14.3. The van der Waals surface area contributed by atoms with Crippen LogP contribution in [0.2, 0.25) is 0 Å². The second kappa shape index (κ2) is 7.14. The lowest BCUT2D eigenvalue weighted by molar-refractivity contribution is -0.130. The molecule has 27 heavy (non-hydrogen) atoms. The van der Waals surface area contributed by atoms with E-state index in [1.54, 1.807) is 30.3 Å². The molecule has 1 aliphatic rings. The van der Waals surface area contributed by atoms with E-state index >= 15 is 0 Å². The van der Waals surface area contributed by atoms with Crippen molar-refractivity contribution in [1.82, 2.24) is 10.2 Å². The summed E-state index contributed by atoms with van der Waals surface area (Å²) in [5, 5.41) is 2.56. The molecular weight excluding hydrogens is 358 g/mol. The van der Waals surface area contributed by atoms with Crippen LogP contribution in [0.4, 0.5) is 13.6 Å². The van der Waals surface area contributed by atoms with Crippen molar-refractivity contribution in [2.45, 2.75) is 19.1 Å². The first kappa shape index (κ1) is 18.5. The van der Waals surface area contributed by atoms with Gasteiger partial charge in [0, 0.05) is 5.56 Å². The summed E-state index contributed by atoms with van der Waals surface area (Å²) < 4.78 is 28.8. The van der Waals surface area contributed by atoms with Gasteiger partial charge in [0.2, 0.25) is 0 Å². The van der Waals surface area contributed by atoms with Gasteiger partial charge in [0.25, 0.3) is 5.91 Å². The molecule has 8 heteroatoms. The number of hydrogen-bond acceptors (Lipinski definition) is 4. The molecule has 1 heterocycles. The number of carbonyl (C=O) groups excluding carboxylic acids is 3. The Bertz CT molecular complexity index is 871. The number of halogens is 2. The molecule has 1 saturated heterocycles. The SMILES string of the molecule is C[C@@]1(c2ccc(OC(F)F)cc2)NC(=O)N(CC(=O)c2ccccc2)C1=O. The van der Waals surface area contributed by atoms with Gasteiger partial charge in [0.05, 0.1) is 6.54 Å². The number of carbonyl (C=O) groups is 3. The normalized spacial score (nSPS) is 19.3. The highest BCUT2D eigenvalue weighted by Crippen LogP contribution is 2.30. The average molecular weight is 374 g/mol. The Labute approximate surface area is 153 Å². The molecule has 0 saturated carbocycles. The van der Waals surface area contributed by atoms with Crippen LogP contribution in [0.15, 0.2) is 54.6 Å². The van der Waals surface area contributed by atoms with Gasteiger partial charge in [-0.25, -0.2) is 4.79 Å². The van der Waals surface area contributed by atoms with Gasteiger partial charge in [-0.2, -0.15) is 8.78 Å². The number of nitrogens with one attached hydrogen (secondary N) is 1.